The molecule has 0 bridgehead atoms. The molecule has 3 atom stereocenters. The lowest BCUT2D eigenvalue weighted by atomic mass is 9.87. The molecule has 1 aliphatic carbocycles. The Hall–Kier alpha value is -1.35. The van der Waals surface area contributed by atoms with Gasteiger partial charge in [-0.25, -0.2) is 0 Å². The van der Waals surface area contributed by atoms with Gasteiger partial charge in [-0.05, 0) is 49.1 Å². The number of hydrogen-bond donors (Lipinski definition) is 2. The Morgan fingerprint density at radius 2 is 1.83 bits per heavy atom. The Bertz CT molecular complexity index is 726. The molecule has 1 saturated heterocycles. The van der Waals surface area contributed by atoms with Crippen LogP contribution in [0.15, 0.2) is 48.5 Å². The minimum absolute atomic E-state index is 0.131. The number of halogens is 1. The van der Waals surface area contributed by atoms with Crippen LogP contribution in [0, 0.1) is 0 Å². The number of piperazine rings is 1. The van der Waals surface area contributed by atoms with Crippen molar-refractivity contribution in [3.8, 4) is 0 Å². The van der Waals surface area contributed by atoms with Crippen molar-refractivity contribution < 1.29 is 0 Å². The number of nitrogens with one attached hydrogen (secondary N) is 2. The zero-order valence-corrected chi connectivity index (χ0v) is 15.1. The van der Waals surface area contributed by atoms with Gasteiger partial charge in [-0.3, -0.25) is 0 Å². The van der Waals surface area contributed by atoms with E-state index in [1.165, 1.54) is 16.7 Å². The van der Waals surface area contributed by atoms with Crippen molar-refractivity contribution in [3.05, 3.63) is 70.2 Å². The molecule has 1 heterocycles. The van der Waals surface area contributed by atoms with Gasteiger partial charge in [0.2, 0.25) is 0 Å². The van der Waals surface area contributed by atoms with E-state index in [0.717, 1.165) is 24.5 Å². The molecule has 0 radical (unpaired) electrons. The summed E-state index contributed by atoms with van der Waals surface area (Å²) in [7, 11) is 0. The van der Waals surface area contributed by atoms with Crippen molar-refractivity contribution in [2.45, 2.75) is 43.7 Å². The number of hydrogen-bond acceptors (Lipinski definition) is 2. The Labute approximate surface area is 149 Å². The SMILES string of the molecule is CC1(C)CNCC(C2CC(c3ccccc3)c3ccc(Cl)cc32)N1. The van der Waals surface area contributed by atoms with E-state index in [9.17, 15) is 0 Å². The normalized spacial score (nSPS) is 28.5. The largest absolute Gasteiger partial charge is 0.313 e. The first kappa shape index (κ1) is 16.1. The predicted molar refractivity (Wildman–Crippen MR) is 101 cm³/mol. The molecule has 4 rings (SSSR count). The van der Waals surface area contributed by atoms with E-state index in [1.807, 2.05) is 6.07 Å². The molecular weight excluding hydrogens is 316 g/mol. The van der Waals surface area contributed by atoms with Crippen molar-refractivity contribution in [2.75, 3.05) is 13.1 Å². The van der Waals surface area contributed by atoms with Crippen LogP contribution in [-0.4, -0.2) is 24.7 Å². The van der Waals surface area contributed by atoms with Gasteiger partial charge in [-0.2, -0.15) is 0 Å². The Morgan fingerprint density at radius 3 is 2.58 bits per heavy atom. The smallest absolute Gasteiger partial charge is 0.0409 e. The first-order valence-electron chi connectivity index (χ1n) is 8.86. The lowest BCUT2D eigenvalue weighted by molar-refractivity contribution is 0.236. The first-order valence-corrected chi connectivity index (χ1v) is 9.24. The van der Waals surface area contributed by atoms with E-state index < -0.39 is 0 Å². The maximum Gasteiger partial charge on any atom is 0.0409 e. The molecule has 2 aliphatic rings. The Balaban J connectivity index is 1.71. The Morgan fingerprint density at radius 1 is 1.04 bits per heavy atom. The zero-order chi connectivity index (χ0) is 16.7. The van der Waals surface area contributed by atoms with Gasteiger partial charge < -0.3 is 10.6 Å². The highest BCUT2D eigenvalue weighted by Gasteiger charge is 2.39. The van der Waals surface area contributed by atoms with Crippen LogP contribution >= 0.6 is 11.6 Å². The minimum Gasteiger partial charge on any atom is -0.313 e. The maximum absolute atomic E-state index is 6.34. The lowest BCUT2D eigenvalue weighted by Crippen LogP contribution is -2.62. The van der Waals surface area contributed by atoms with Gasteiger partial charge in [0.15, 0.2) is 0 Å². The van der Waals surface area contributed by atoms with Gasteiger partial charge in [-0.15, -0.1) is 0 Å². The van der Waals surface area contributed by atoms with Crippen LogP contribution in [0.1, 0.15) is 48.8 Å². The summed E-state index contributed by atoms with van der Waals surface area (Å²) in [6.45, 7) is 6.58. The zero-order valence-electron chi connectivity index (χ0n) is 14.4. The van der Waals surface area contributed by atoms with Crippen LogP contribution in [0.25, 0.3) is 0 Å². The number of rotatable bonds is 2. The van der Waals surface area contributed by atoms with Crippen LogP contribution in [0.5, 0.6) is 0 Å². The average Bonchev–Trinajstić information content (AvgIpc) is 2.93. The molecule has 1 fully saturated rings. The summed E-state index contributed by atoms with van der Waals surface area (Å²) in [5.41, 5.74) is 4.41. The molecule has 2 nitrogen and oxygen atoms in total. The summed E-state index contributed by atoms with van der Waals surface area (Å²) in [5.74, 6) is 0.964. The van der Waals surface area contributed by atoms with E-state index >= 15 is 0 Å². The molecule has 0 amide bonds. The fourth-order valence-electron chi connectivity index (χ4n) is 4.46. The van der Waals surface area contributed by atoms with E-state index in [1.54, 1.807) is 0 Å². The summed E-state index contributed by atoms with van der Waals surface area (Å²) in [4.78, 5) is 0. The van der Waals surface area contributed by atoms with Gasteiger partial charge in [0, 0.05) is 41.5 Å². The average molecular weight is 341 g/mol. The highest BCUT2D eigenvalue weighted by Crippen LogP contribution is 2.47. The van der Waals surface area contributed by atoms with Crippen LogP contribution in [-0.2, 0) is 0 Å². The molecule has 126 valence electrons. The standard InChI is InChI=1S/C21H25ClN2/c1-21(2)13-23-12-20(24-21)19-11-17(14-6-4-3-5-7-14)16-9-8-15(22)10-18(16)19/h3-10,17,19-20,23-24H,11-13H2,1-2H3. The van der Waals surface area contributed by atoms with E-state index in [2.05, 4.69) is 66.9 Å². The van der Waals surface area contributed by atoms with Gasteiger partial charge >= 0.3 is 0 Å². The fraction of sp³-hybridized carbons (Fsp3) is 0.429. The van der Waals surface area contributed by atoms with Gasteiger partial charge in [0.1, 0.15) is 0 Å². The monoisotopic (exact) mass is 340 g/mol. The van der Waals surface area contributed by atoms with Crippen molar-refractivity contribution >= 4 is 11.6 Å². The third-order valence-corrected chi connectivity index (χ3v) is 5.74. The molecule has 2 N–H and O–H groups in total. The summed E-state index contributed by atoms with van der Waals surface area (Å²) in [6.07, 6.45) is 1.15. The third kappa shape index (κ3) is 2.99. The van der Waals surface area contributed by atoms with Gasteiger partial charge in [0.05, 0.1) is 0 Å². The molecule has 0 spiro atoms. The highest BCUT2D eigenvalue weighted by molar-refractivity contribution is 6.30. The van der Waals surface area contributed by atoms with Gasteiger partial charge in [0.25, 0.3) is 0 Å². The quantitative estimate of drug-likeness (QED) is 0.851. The molecule has 2 aromatic carbocycles. The maximum atomic E-state index is 6.34. The number of benzene rings is 2. The van der Waals surface area contributed by atoms with Crippen molar-refractivity contribution in [1.82, 2.24) is 10.6 Å². The molecule has 0 aromatic heterocycles. The fourth-order valence-corrected chi connectivity index (χ4v) is 4.64. The molecule has 1 aliphatic heterocycles. The first-order chi connectivity index (χ1) is 11.5. The molecule has 3 unspecified atom stereocenters. The van der Waals surface area contributed by atoms with Gasteiger partial charge in [-0.1, -0.05) is 48.0 Å². The number of fused-ring (bicyclic) bond motifs is 1. The molecule has 3 heteroatoms. The summed E-state index contributed by atoms with van der Waals surface area (Å²) in [5, 5.41) is 8.31. The van der Waals surface area contributed by atoms with E-state index in [4.69, 9.17) is 11.6 Å². The third-order valence-electron chi connectivity index (χ3n) is 5.51. The minimum atomic E-state index is 0.131. The van der Waals surface area contributed by atoms with E-state index in [0.29, 0.717) is 17.9 Å². The van der Waals surface area contributed by atoms with Crippen molar-refractivity contribution in [1.29, 1.82) is 0 Å². The van der Waals surface area contributed by atoms with Crippen molar-refractivity contribution in [3.63, 3.8) is 0 Å². The van der Waals surface area contributed by atoms with Crippen LogP contribution in [0.4, 0.5) is 0 Å². The topological polar surface area (TPSA) is 24.1 Å². The summed E-state index contributed by atoms with van der Waals surface area (Å²) < 4.78 is 0. The predicted octanol–water partition coefficient (Wildman–Crippen LogP) is 4.30. The second-order valence-electron chi connectivity index (χ2n) is 7.84. The second kappa shape index (κ2) is 6.18. The second-order valence-corrected chi connectivity index (χ2v) is 8.28. The summed E-state index contributed by atoms with van der Waals surface area (Å²) >= 11 is 6.34. The van der Waals surface area contributed by atoms with Crippen LogP contribution < -0.4 is 10.6 Å². The van der Waals surface area contributed by atoms with Crippen molar-refractivity contribution in [2.24, 2.45) is 0 Å². The van der Waals surface area contributed by atoms with Crippen LogP contribution in [0.2, 0.25) is 5.02 Å². The van der Waals surface area contributed by atoms with Crippen LogP contribution in [0.3, 0.4) is 0 Å². The Kier molecular flexibility index (Phi) is 4.16. The molecular formula is C21H25ClN2. The lowest BCUT2D eigenvalue weighted by Gasteiger charge is -2.40. The summed E-state index contributed by atoms with van der Waals surface area (Å²) in [6, 6.07) is 17.8. The highest BCUT2D eigenvalue weighted by atomic mass is 35.5. The molecule has 24 heavy (non-hydrogen) atoms. The molecule has 2 aromatic rings. The molecule has 0 saturated carbocycles. The van der Waals surface area contributed by atoms with E-state index in [-0.39, 0.29) is 5.54 Å².